The highest BCUT2D eigenvalue weighted by Gasteiger charge is 2.24. The molecule has 15 heavy (non-hydrogen) atoms. The number of aliphatic hydroxyl groups excluding tert-OH is 1. The third-order valence-corrected chi connectivity index (χ3v) is 4.02. The van der Waals surface area contributed by atoms with E-state index in [0.29, 0.717) is 31.6 Å². The number of amides is 1. The van der Waals surface area contributed by atoms with Crippen molar-refractivity contribution in [3.8, 4) is 0 Å². The maximum atomic E-state index is 11.9. The van der Waals surface area contributed by atoms with E-state index >= 15 is 0 Å². The van der Waals surface area contributed by atoms with Gasteiger partial charge in [-0.25, -0.2) is 0 Å². The lowest BCUT2D eigenvalue weighted by Crippen LogP contribution is -2.40. The topological polar surface area (TPSA) is 53.4 Å². The summed E-state index contributed by atoms with van der Waals surface area (Å²) in [6.07, 6.45) is 1.06. The van der Waals surface area contributed by atoms with Gasteiger partial charge < -0.3 is 10.0 Å². The van der Waals surface area contributed by atoms with Gasteiger partial charge >= 0.3 is 0 Å². The van der Waals surface area contributed by atoms with E-state index in [1.54, 1.807) is 10.3 Å². The molecule has 1 aliphatic heterocycles. The number of nitrogens with zero attached hydrogens (tertiary/aromatic N) is 2. The van der Waals surface area contributed by atoms with Gasteiger partial charge in [0.25, 0.3) is 5.91 Å². The lowest BCUT2D eigenvalue weighted by Gasteiger charge is -2.29. The van der Waals surface area contributed by atoms with Gasteiger partial charge in [-0.3, -0.25) is 4.79 Å². The van der Waals surface area contributed by atoms with Gasteiger partial charge in [-0.2, -0.15) is 4.37 Å². The average Bonchev–Trinajstić information content (AvgIpc) is 2.65. The predicted octanol–water partition coefficient (Wildman–Crippen LogP) is 1.50. The summed E-state index contributed by atoms with van der Waals surface area (Å²) >= 11 is 4.56. The molecule has 1 aromatic heterocycles. The molecule has 0 spiro atoms. The average molecular weight is 291 g/mol. The van der Waals surface area contributed by atoms with Gasteiger partial charge in [0.05, 0.1) is 10.6 Å². The minimum atomic E-state index is -0.257. The fourth-order valence-corrected chi connectivity index (χ4v) is 2.75. The first-order valence-electron chi connectivity index (χ1n) is 4.75. The van der Waals surface area contributed by atoms with Gasteiger partial charge in [0.15, 0.2) is 5.69 Å². The Labute approximate surface area is 100 Å². The van der Waals surface area contributed by atoms with Crippen LogP contribution in [0.25, 0.3) is 0 Å². The summed E-state index contributed by atoms with van der Waals surface area (Å²) in [7, 11) is 0. The standard InChI is InChI=1S/C9H11BrN2O2S/c10-7-5-15-11-8(7)9(14)12-3-1-6(13)2-4-12/h5-6,13H,1-4H2. The molecule has 0 unspecified atom stereocenters. The second-order valence-corrected chi connectivity index (χ2v) is 5.02. The molecule has 4 nitrogen and oxygen atoms in total. The Balaban J connectivity index is 2.06. The van der Waals surface area contributed by atoms with Crippen molar-refractivity contribution in [1.82, 2.24) is 9.27 Å². The van der Waals surface area contributed by atoms with Crippen LogP contribution in [0, 0.1) is 0 Å². The Morgan fingerprint density at radius 2 is 2.27 bits per heavy atom. The lowest BCUT2D eigenvalue weighted by atomic mass is 10.1. The Morgan fingerprint density at radius 3 is 2.80 bits per heavy atom. The van der Waals surface area contributed by atoms with E-state index in [4.69, 9.17) is 0 Å². The molecule has 0 bridgehead atoms. The Morgan fingerprint density at radius 1 is 1.60 bits per heavy atom. The highest BCUT2D eigenvalue weighted by molar-refractivity contribution is 9.10. The molecule has 0 atom stereocenters. The molecule has 1 N–H and O–H groups in total. The van der Waals surface area contributed by atoms with Crippen LogP contribution in [0.15, 0.2) is 9.85 Å². The van der Waals surface area contributed by atoms with Crippen molar-refractivity contribution >= 4 is 33.4 Å². The zero-order valence-corrected chi connectivity index (χ0v) is 10.4. The van der Waals surface area contributed by atoms with Gasteiger partial charge in [0, 0.05) is 18.5 Å². The number of carbonyl (C=O) groups is 1. The van der Waals surface area contributed by atoms with Crippen molar-refractivity contribution in [2.45, 2.75) is 18.9 Å². The Bertz CT molecular complexity index is 361. The molecule has 0 radical (unpaired) electrons. The number of carbonyl (C=O) groups excluding carboxylic acids is 1. The molecule has 1 saturated heterocycles. The Hall–Kier alpha value is -0.460. The highest BCUT2D eigenvalue weighted by atomic mass is 79.9. The van der Waals surface area contributed by atoms with Crippen LogP contribution in [0.2, 0.25) is 0 Å². The largest absolute Gasteiger partial charge is 0.393 e. The fraction of sp³-hybridized carbons (Fsp3) is 0.556. The molecule has 0 aromatic carbocycles. The zero-order valence-electron chi connectivity index (χ0n) is 8.02. The molecule has 2 rings (SSSR count). The summed E-state index contributed by atoms with van der Waals surface area (Å²) in [5.74, 6) is -0.0463. The van der Waals surface area contributed by atoms with Gasteiger partial charge in [-0.05, 0) is 40.3 Å². The molecule has 1 aromatic rings. The summed E-state index contributed by atoms with van der Waals surface area (Å²) in [4.78, 5) is 13.7. The molecular weight excluding hydrogens is 280 g/mol. The number of rotatable bonds is 1. The Kier molecular flexibility index (Phi) is 3.38. The number of likely N-dealkylation sites (tertiary alicyclic amines) is 1. The smallest absolute Gasteiger partial charge is 0.274 e. The van der Waals surface area contributed by atoms with Crippen molar-refractivity contribution in [3.05, 3.63) is 15.5 Å². The second kappa shape index (κ2) is 4.59. The third-order valence-electron chi connectivity index (χ3n) is 2.48. The first-order valence-corrected chi connectivity index (χ1v) is 6.38. The van der Waals surface area contributed by atoms with E-state index in [2.05, 4.69) is 20.3 Å². The quantitative estimate of drug-likeness (QED) is 0.853. The van der Waals surface area contributed by atoms with Crippen LogP contribution in [-0.2, 0) is 0 Å². The molecule has 2 heterocycles. The van der Waals surface area contributed by atoms with E-state index in [-0.39, 0.29) is 12.0 Å². The SMILES string of the molecule is O=C(c1nscc1Br)N1CCC(O)CC1. The number of halogens is 1. The van der Waals surface area contributed by atoms with Crippen LogP contribution in [0.1, 0.15) is 23.3 Å². The van der Waals surface area contributed by atoms with Crippen LogP contribution >= 0.6 is 27.5 Å². The van der Waals surface area contributed by atoms with E-state index in [1.807, 2.05) is 0 Å². The lowest BCUT2D eigenvalue weighted by molar-refractivity contribution is 0.0542. The van der Waals surface area contributed by atoms with E-state index < -0.39 is 0 Å². The predicted molar refractivity (Wildman–Crippen MR) is 61.0 cm³/mol. The molecule has 1 fully saturated rings. The van der Waals surface area contributed by atoms with Crippen molar-refractivity contribution < 1.29 is 9.90 Å². The normalized spacial score (nSPS) is 18.1. The van der Waals surface area contributed by atoms with Crippen LogP contribution in [0.5, 0.6) is 0 Å². The van der Waals surface area contributed by atoms with Gasteiger partial charge in [0.1, 0.15) is 0 Å². The number of hydrogen-bond donors (Lipinski definition) is 1. The third kappa shape index (κ3) is 2.38. The van der Waals surface area contributed by atoms with Crippen molar-refractivity contribution in [2.75, 3.05) is 13.1 Å². The van der Waals surface area contributed by atoms with Crippen molar-refractivity contribution in [3.63, 3.8) is 0 Å². The zero-order chi connectivity index (χ0) is 10.8. The summed E-state index contributed by atoms with van der Waals surface area (Å²) in [6.45, 7) is 1.23. The minimum Gasteiger partial charge on any atom is -0.393 e. The van der Waals surface area contributed by atoms with Crippen LogP contribution < -0.4 is 0 Å². The van der Waals surface area contributed by atoms with Crippen molar-refractivity contribution in [2.24, 2.45) is 0 Å². The molecule has 82 valence electrons. The number of aliphatic hydroxyl groups is 1. The maximum Gasteiger partial charge on any atom is 0.274 e. The summed E-state index contributed by atoms with van der Waals surface area (Å²) in [5.41, 5.74) is 0.483. The van der Waals surface area contributed by atoms with E-state index in [9.17, 15) is 9.90 Å². The van der Waals surface area contributed by atoms with Crippen LogP contribution in [0.4, 0.5) is 0 Å². The summed E-state index contributed by atoms with van der Waals surface area (Å²) < 4.78 is 4.80. The first-order chi connectivity index (χ1) is 7.18. The van der Waals surface area contributed by atoms with Crippen LogP contribution in [0.3, 0.4) is 0 Å². The van der Waals surface area contributed by atoms with E-state index in [0.717, 1.165) is 4.47 Å². The molecule has 1 amide bonds. The fourth-order valence-electron chi connectivity index (χ4n) is 1.58. The van der Waals surface area contributed by atoms with Gasteiger partial charge in [-0.1, -0.05) is 0 Å². The first kappa shape index (κ1) is 11.0. The minimum absolute atomic E-state index is 0.0463. The highest BCUT2D eigenvalue weighted by Crippen LogP contribution is 2.21. The molecule has 0 saturated carbocycles. The van der Waals surface area contributed by atoms with Crippen molar-refractivity contribution in [1.29, 1.82) is 0 Å². The van der Waals surface area contributed by atoms with Gasteiger partial charge in [-0.15, -0.1) is 0 Å². The van der Waals surface area contributed by atoms with Crippen LogP contribution in [-0.4, -0.2) is 39.5 Å². The molecule has 1 aliphatic rings. The summed E-state index contributed by atoms with van der Waals surface area (Å²) in [5, 5.41) is 11.1. The molecular formula is C9H11BrN2O2S. The molecule has 0 aliphatic carbocycles. The second-order valence-electron chi connectivity index (χ2n) is 3.53. The number of piperidine rings is 1. The monoisotopic (exact) mass is 290 g/mol. The van der Waals surface area contributed by atoms with E-state index in [1.165, 1.54) is 11.5 Å². The number of hydrogen-bond acceptors (Lipinski definition) is 4. The number of aromatic nitrogens is 1. The maximum absolute atomic E-state index is 11.9. The van der Waals surface area contributed by atoms with Gasteiger partial charge in [0.2, 0.25) is 0 Å². The molecule has 6 heteroatoms. The summed E-state index contributed by atoms with van der Waals surface area (Å²) in [6, 6.07) is 0.